The molecule has 2 atom stereocenters. The number of pyridine rings is 1. The second-order valence-electron chi connectivity index (χ2n) is 5.51. The lowest BCUT2D eigenvalue weighted by molar-refractivity contribution is 0.674. The summed E-state index contributed by atoms with van der Waals surface area (Å²) in [6, 6.07) is 13.3. The van der Waals surface area contributed by atoms with Gasteiger partial charge >= 0.3 is 0 Å². The standard InChI is InChI=1S/C17H21N3/c1-3-15(18)16-9-8-14(11-19-16)20-12(2)10-13-6-4-5-7-17(13)20/h4-9,11-12,15H,3,10,18H2,1-2H3/t12?,15-/m1/s1. The first-order valence-electron chi connectivity index (χ1n) is 7.29. The molecule has 3 heteroatoms. The van der Waals surface area contributed by atoms with Gasteiger partial charge < -0.3 is 10.6 Å². The van der Waals surface area contributed by atoms with Crippen molar-refractivity contribution in [3.8, 4) is 0 Å². The lowest BCUT2D eigenvalue weighted by Gasteiger charge is -2.25. The van der Waals surface area contributed by atoms with Crippen molar-refractivity contribution in [2.24, 2.45) is 5.73 Å². The molecule has 1 aliphatic heterocycles. The monoisotopic (exact) mass is 267 g/mol. The van der Waals surface area contributed by atoms with Crippen molar-refractivity contribution in [2.75, 3.05) is 4.90 Å². The van der Waals surface area contributed by atoms with Crippen LogP contribution >= 0.6 is 0 Å². The van der Waals surface area contributed by atoms with Crippen molar-refractivity contribution >= 4 is 11.4 Å². The maximum absolute atomic E-state index is 6.03. The van der Waals surface area contributed by atoms with E-state index < -0.39 is 0 Å². The summed E-state index contributed by atoms with van der Waals surface area (Å²) < 4.78 is 0. The van der Waals surface area contributed by atoms with Crippen LogP contribution < -0.4 is 10.6 Å². The molecule has 2 heterocycles. The summed E-state index contributed by atoms with van der Waals surface area (Å²) in [5, 5.41) is 0. The lowest BCUT2D eigenvalue weighted by Crippen LogP contribution is -2.24. The molecule has 3 nitrogen and oxygen atoms in total. The zero-order valence-electron chi connectivity index (χ0n) is 12.1. The number of nitrogens with two attached hydrogens (primary N) is 1. The van der Waals surface area contributed by atoms with Gasteiger partial charge in [-0.15, -0.1) is 0 Å². The molecular weight excluding hydrogens is 246 g/mol. The number of nitrogens with zero attached hydrogens (tertiary/aromatic N) is 2. The average Bonchev–Trinajstić information content (AvgIpc) is 2.82. The quantitative estimate of drug-likeness (QED) is 0.924. The molecule has 0 saturated heterocycles. The van der Waals surface area contributed by atoms with E-state index in [2.05, 4.69) is 60.1 Å². The Morgan fingerprint density at radius 1 is 1.30 bits per heavy atom. The Balaban J connectivity index is 1.93. The summed E-state index contributed by atoms with van der Waals surface area (Å²) in [6.07, 6.45) is 3.95. The van der Waals surface area contributed by atoms with Crippen LogP contribution in [-0.4, -0.2) is 11.0 Å². The van der Waals surface area contributed by atoms with Crippen molar-refractivity contribution in [3.05, 3.63) is 53.9 Å². The smallest absolute Gasteiger partial charge is 0.0600 e. The molecule has 0 aliphatic carbocycles. The van der Waals surface area contributed by atoms with E-state index in [1.807, 2.05) is 6.20 Å². The molecule has 0 spiro atoms. The summed E-state index contributed by atoms with van der Waals surface area (Å²) >= 11 is 0. The fourth-order valence-corrected chi connectivity index (χ4v) is 2.93. The molecule has 0 fully saturated rings. The summed E-state index contributed by atoms with van der Waals surface area (Å²) in [4.78, 5) is 6.90. The largest absolute Gasteiger partial charge is 0.337 e. The summed E-state index contributed by atoms with van der Waals surface area (Å²) in [6.45, 7) is 4.34. The predicted octanol–water partition coefficient (Wildman–Crippen LogP) is 3.57. The molecule has 104 valence electrons. The molecule has 1 aromatic heterocycles. The molecule has 3 rings (SSSR count). The highest BCUT2D eigenvalue weighted by atomic mass is 15.2. The molecular formula is C17H21N3. The zero-order chi connectivity index (χ0) is 14.1. The Morgan fingerprint density at radius 2 is 2.10 bits per heavy atom. The van der Waals surface area contributed by atoms with Gasteiger partial charge in [0.05, 0.1) is 17.6 Å². The zero-order valence-corrected chi connectivity index (χ0v) is 12.1. The predicted molar refractivity (Wildman–Crippen MR) is 83.2 cm³/mol. The third-order valence-corrected chi connectivity index (χ3v) is 4.08. The van der Waals surface area contributed by atoms with Gasteiger partial charge in [0.1, 0.15) is 0 Å². The SMILES string of the molecule is CC[C@@H](N)c1ccc(N2c3ccccc3CC2C)cn1. The topological polar surface area (TPSA) is 42.1 Å². The van der Waals surface area contributed by atoms with Crippen LogP contribution in [-0.2, 0) is 6.42 Å². The van der Waals surface area contributed by atoms with E-state index in [4.69, 9.17) is 5.73 Å². The fraction of sp³-hybridized carbons (Fsp3) is 0.353. The van der Waals surface area contributed by atoms with Crippen LogP contribution in [0.25, 0.3) is 0 Å². The highest BCUT2D eigenvalue weighted by molar-refractivity contribution is 5.70. The Kier molecular flexibility index (Phi) is 3.45. The van der Waals surface area contributed by atoms with Gasteiger partial charge in [-0.1, -0.05) is 25.1 Å². The summed E-state index contributed by atoms with van der Waals surface area (Å²) in [7, 11) is 0. The first-order valence-corrected chi connectivity index (χ1v) is 7.29. The number of aromatic nitrogens is 1. The average molecular weight is 267 g/mol. The lowest BCUT2D eigenvalue weighted by atomic mass is 10.1. The van der Waals surface area contributed by atoms with E-state index in [0.717, 1.165) is 24.2 Å². The van der Waals surface area contributed by atoms with Gasteiger partial charge in [0, 0.05) is 17.8 Å². The third kappa shape index (κ3) is 2.18. The molecule has 2 N–H and O–H groups in total. The van der Waals surface area contributed by atoms with Gasteiger partial charge in [-0.3, -0.25) is 4.98 Å². The molecule has 0 saturated carbocycles. The molecule has 0 amide bonds. The van der Waals surface area contributed by atoms with Crippen molar-refractivity contribution in [3.63, 3.8) is 0 Å². The molecule has 2 aromatic rings. The van der Waals surface area contributed by atoms with Crippen molar-refractivity contribution in [1.29, 1.82) is 0 Å². The molecule has 1 aliphatic rings. The van der Waals surface area contributed by atoms with Crippen LogP contribution in [0.2, 0.25) is 0 Å². The first-order chi connectivity index (χ1) is 9.70. The van der Waals surface area contributed by atoms with E-state index in [0.29, 0.717) is 6.04 Å². The van der Waals surface area contributed by atoms with E-state index in [9.17, 15) is 0 Å². The Hall–Kier alpha value is -1.87. The van der Waals surface area contributed by atoms with Crippen LogP contribution in [0.5, 0.6) is 0 Å². The van der Waals surface area contributed by atoms with Crippen molar-refractivity contribution in [1.82, 2.24) is 4.98 Å². The van der Waals surface area contributed by atoms with Crippen molar-refractivity contribution in [2.45, 2.75) is 38.8 Å². The third-order valence-electron chi connectivity index (χ3n) is 4.08. The minimum Gasteiger partial charge on any atom is -0.337 e. The molecule has 1 unspecified atom stereocenters. The highest BCUT2D eigenvalue weighted by Crippen LogP contribution is 2.37. The van der Waals surface area contributed by atoms with Gasteiger partial charge in [0.2, 0.25) is 0 Å². The van der Waals surface area contributed by atoms with Gasteiger partial charge in [0.15, 0.2) is 0 Å². The maximum Gasteiger partial charge on any atom is 0.0600 e. The van der Waals surface area contributed by atoms with Gasteiger partial charge in [0.25, 0.3) is 0 Å². The van der Waals surface area contributed by atoms with Gasteiger partial charge in [-0.05, 0) is 43.5 Å². The Labute approximate surface area is 120 Å². The number of para-hydroxylation sites is 1. The minimum atomic E-state index is 0.0346. The van der Waals surface area contributed by atoms with E-state index >= 15 is 0 Å². The van der Waals surface area contributed by atoms with Crippen LogP contribution in [0.1, 0.15) is 37.6 Å². The minimum absolute atomic E-state index is 0.0346. The molecule has 20 heavy (non-hydrogen) atoms. The van der Waals surface area contributed by atoms with E-state index in [1.54, 1.807) is 0 Å². The number of hydrogen-bond donors (Lipinski definition) is 1. The van der Waals surface area contributed by atoms with Crippen LogP contribution in [0.3, 0.4) is 0 Å². The van der Waals surface area contributed by atoms with Crippen LogP contribution in [0.4, 0.5) is 11.4 Å². The number of benzene rings is 1. The summed E-state index contributed by atoms with van der Waals surface area (Å²) in [5.74, 6) is 0. The van der Waals surface area contributed by atoms with Gasteiger partial charge in [-0.2, -0.15) is 0 Å². The highest BCUT2D eigenvalue weighted by Gasteiger charge is 2.26. The molecule has 0 radical (unpaired) electrons. The number of anilines is 2. The second kappa shape index (κ2) is 5.25. The number of hydrogen-bond acceptors (Lipinski definition) is 3. The Bertz CT molecular complexity index is 591. The Morgan fingerprint density at radius 3 is 2.80 bits per heavy atom. The number of fused-ring (bicyclic) bond motifs is 1. The summed E-state index contributed by atoms with van der Waals surface area (Å²) in [5.41, 5.74) is 10.9. The van der Waals surface area contributed by atoms with E-state index in [-0.39, 0.29) is 6.04 Å². The van der Waals surface area contributed by atoms with Gasteiger partial charge in [-0.25, -0.2) is 0 Å². The van der Waals surface area contributed by atoms with Crippen molar-refractivity contribution < 1.29 is 0 Å². The second-order valence-corrected chi connectivity index (χ2v) is 5.51. The van der Waals surface area contributed by atoms with E-state index in [1.165, 1.54) is 11.3 Å². The van der Waals surface area contributed by atoms with Crippen LogP contribution in [0, 0.1) is 0 Å². The normalized spacial score (nSPS) is 18.9. The molecule has 1 aromatic carbocycles. The first kappa shape index (κ1) is 13.1. The number of rotatable bonds is 3. The van der Waals surface area contributed by atoms with Crippen LogP contribution in [0.15, 0.2) is 42.6 Å². The maximum atomic E-state index is 6.03. The molecule has 0 bridgehead atoms. The fourth-order valence-electron chi connectivity index (χ4n) is 2.93.